The first-order chi connectivity index (χ1) is 9.19. The first-order valence-corrected chi connectivity index (χ1v) is 5.87. The van der Waals surface area contributed by atoms with Gasteiger partial charge in [-0.15, -0.1) is 0 Å². The Bertz CT molecular complexity index is 544. The molecule has 0 spiro atoms. The normalized spacial score (nSPS) is 10.2. The van der Waals surface area contributed by atoms with E-state index in [1.807, 2.05) is 0 Å². The van der Waals surface area contributed by atoms with E-state index in [0.29, 0.717) is 29.4 Å². The predicted octanol–water partition coefficient (Wildman–Crippen LogP) is 2.60. The van der Waals surface area contributed by atoms with E-state index in [1.54, 1.807) is 30.3 Å². The van der Waals surface area contributed by atoms with Gasteiger partial charge < -0.3 is 20.9 Å². The molecule has 2 aromatic carbocycles. The van der Waals surface area contributed by atoms with Gasteiger partial charge in [0, 0.05) is 12.6 Å². The molecule has 0 unspecified atom stereocenters. The third-order valence-corrected chi connectivity index (χ3v) is 2.50. The topological polar surface area (TPSA) is 67.5 Å². The molecule has 2 rings (SSSR count). The van der Waals surface area contributed by atoms with Gasteiger partial charge in [-0.05, 0) is 36.4 Å². The van der Waals surface area contributed by atoms with Crippen LogP contribution in [0.2, 0.25) is 0 Å². The maximum absolute atomic E-state index is 12.8. The fourth-order valence-electron chi connectivity index (χ4n) is 1.58. The van der Waals surface area contributed by atoms with Crippen molar-refractivity contribution < 1.29 is 14.2 Å². The van der Waals surface area contributed by atoms with Crippen LogP contribution >= 0.6 is 0 Å². The van der Waals surface area contributed by atoms with Crippen molar-refractivity contribution in [3.8, 4) is 11.5 Å². The average molecular weight is 262 g/mol. The number of halogens is 1. The van der Waals surface area contributed by atoms with Gasteiger partial charge in [-0.25, -0.2) is 4.39 Å². The zero-order valence-corrected chi connectivity index (χ0v) is 10.3. The summed E-state index contributed by atoms with van der Waals surface area (Å²) >= 11 is 0. The molecule has 19 heavy (non-hydrogen) atoms. The highest BCUT2D eigenvalue weighted by Crippen LogP contribution is 2.28. The summed E-state index contributed by atoms with van der Waals surface area (Å²) in [5, 5.41) is 11.8. The van der Waals surface area contributed by atoms with E-state index in [2.05, 4.69) is 5.32 Å². The van der Waals surface area contributed by atoms with Crippen LogP contribution in [0.1, 0.15) is 0 Å². The summed E-state index contributed by atoms with van der Waals surface area (Å²) in [6.45, 7) is 0.423. The molecule has 0 saturated carbocycles. The van der Waals surface area contributed by atoms with Crippen molar-refractivity contribution in [2.75, 3.05) is 24.2 Å². The molecule has 0 heterocycles. The Kier molecular flexibility index (Phi) is 4.20. The number of hydrogen-bond acceptors (Lipinski definition) is 4. The summed E-state index contributed by atoms with van der Waals surface area (Å²) in [5.41, 5.74) is 7.05. The maximum atomic E-state index is 12.8. The van der Waals surface area contributed by atoms with Crippen LogP contribution in [-0.2, 0) is 0 Å². The molecular weight excluding hydrogens is 247 g/mol. The zero-order chi connectivity index (χ0) is 13.7. The van der Waals surface area contributed by atoms with Crippen molar-refractivity contribution in [3.05, 3.63) is 48.3 Å². The van der Waals surface area contributed by atoms with Gasteiger partial charge in [-0.2, -0.15) is 0 Å². The van der Waals surface area contributed by atoms with E-state index in [4.69, 9.17) is 15.6 Å². The highest BCUT2D eigenvalue weighted by atomic mass is 19.1. The number of ether oxygens (including phenoxy) is 1. The highest BCUT2D eigenvalue weighted by molar-refractivity contribution is 5.68. The molecular formula is C14H15FN2O2. The number of rotatable bonds is 5. The van der Waals surface area contributed by atoms with Crippen molar-refractivity contribution in [1.29, 1.82) is 0 Å². The number of aliphatic hydroxyl groups excluding tert-OH is 1. The van der Waals surface area contributed by atoms with Gasteiger partial charge >= 0.3 is 0 Å². The summed E-state index contributed by atoms with van der Waals surface area (Å²) in [4.78, 5) is 0. The lowest BCUT2D eigenvalue weighted by atomic mass is 10.2. The van der Waals surface area contributed by atoms with Gasteiger partial charge in [0.2, 0.25) is 0 Å². The first-order valence-electron chi connectivity index (χ1n) is 5.87. The van der Waals surface area contributed by atoms with E-state index in [-0.39, 0.29) is 12.4 Å². The number of benzene rings is 2. The predicted molar refractivity (Wildman–Crippen MR) is 72.9 cm³/mol. The Morgan fingerprint density at radius 2 is 1.79 bits per heavy atom. The molecule has 0 radical (unpaired) electrons. The Hall–Kier alpha value is -2.27. The third-order valence-electron chi connectivity index (χ3n) is 2.50. The van der Waals surface area contributed by atoms with Gasteiger partial charge in [0.1, 0.15) is 17.3 Å². The number of aliphatic hydroxyl groups is 1. The van der Waals surface area contributed by atoms with Crippen molar-refractivity contribution >= 4 is 11.4 Å². The Labute approximate surface area is 110 Å². The minimum Gasteiger partial charge on any atom is -0.457 e. The molecule has 2 aromatic rings. The van der Waals surface area contributed by atoms with Crippen molar-refractivity contribution in [1.82, 2.24) is 0 Å². The van der Waals surface area contributed by atoms with Crippen LogP contribution in [0.5, 0.6) is 11.5 Å². The molecule has 0 amide bonds. The fraction of sp³-hybridized carbons (Fsp3) is 0.143. The summed E-state index contributed by atoms with van der Waals surface area (Å²) in [6.07, 6.45) is 0. The molecule has 0 aromatic heterocycles. The quantitative estimate of drug-likeness (QED) is 0.724. The van der Waals surface area contributed by atoms with Gasteiger partial charge in [-0.1, -0.05) is 0 Å². The summed E-state index contributed by atoms with van der Waals surface area (Å²) in [7, 11) is 0. The highest BCUT2D eigenvalue weighted by Gasteiger charge is 2.03. The zero-order valence-electron chi connectivity index (χ0n) is 10.3. The van der Waals surface area contributed by atoms with E-state index in [0.717, 1.165) is 0 Å². The molecule has 4 nitrogen and oxygen atoms in total. The number of anilines is 2. The Morgan fingerprint density at radius 3 is 2.47 bits per heavy atom. The van der Waals surface area contributed by atoms with E-state index in [1.165, 1.54) is 12.1 Å². The van der Waals surface area contributed by atoms with Crippen LogP contribution in [0.4, 0.5) is 15.8 Å². The molecule has 5 heteroatoms. The third kappa shape index (κ3) is 3.59. The van der Waals surface area contributed by atoms with Gasteiger partial charge in [-0.3, -0.25) is 0 Å². The summed E-state index contributed by atoms with van der Waals surface area (Å²) in [6, 6.07) is 10.9. The smallest absolute Gasteiger partial charge is 0.129 e. The molecule has 0 aliphatic rings. The molecule has 0 bridgehead atoms. The van der Waals surface area contributed by atoms with Crippen LogP contribution < -0.4 is 15.8 Å². The molecule has 0 aliphatic heterocycles. The number of hydrogen-bond donors (Lipinski definition) is 3. The largest absolute Gasteiger partial charge is 0.457 e. The van der Waals surface area contributed by atoms with Gasteiger partial charge in [0.15, 0.2) is 0 Å². The number of nitrogen functional groups attached to an aromatic ring is 1. The average Bonchev–Trinajstić information content (AvgIpc) is 2.42. The van der Waals surface area contributed by atoms with Crippen LogP contribution in [0.15, 0.2) is 42.5 Å². The van der Waals surface area contributed by atoms with Gasteiger partial charge in [0.05, 0.1) is 18.0 Å². The van der Waals surface area contributed by atoms with Crippen LogP contribution in [0, 0.1) is 5.82 Å². The summed E-state index contributed by atoms with van der Waals surface area (Å²) in [5.74, 6) is 0.815. The molecule has 0 fully saturated rings. The minimum absolute atomic E-state index is 0.0164. The number of nitrogens with one attached hydrogen (secondary N) is 1. The van der Waals surface area contributed by atoms with Crippen molar-refractivity contribution in [2.24, 2.45) is 0 Å². The second kappa shape index (κ2) is 6.06. The molecule has 4 N–H and O–H groups in total. The lowest BCUT2D eigenvalue weighted by molar-refractivity contribution is 0.311. The maximum Gasteiger partial charge on any atom is 0.129 e. The standard InChI is InChI=1S/C14H15FN2O2/c15-10-1-3-11(4-2-10)19-12-5-6-13(16)14(9-12)17-7-8-18/h1-6,9,17-18H,7-8,16H2. The first kappa shape index (κ1) is 13.2. The van der Waals surface area contributed by atoms with Gasteiger partial charge in [0.25, 0.3) is 0 Å². The minimum atomic E-state index is -0.310. The van der Waals surface area contributed by atoms with Crippen molar-refractivity contribution in [2.45, 2.75) is 0 Å². The molecule has 0 saturated heterocycles. The molecule has 0 atom stereocenters. The van der Waals surface area contributed by atoms with Crippen LogP contribution in [0.25, 0.3) is 0 Å². The second-order valence-electron chi connectivity index (χ2n) is 3.96. The number of nitrogens with two attached hydrogens (primary N) is 1. The van der Waals surface area contributed by atoms with Crippen LogP contribution in [0.3, 0.4) is 0 Å². The Balaban J connectivity index is 2.14. The van der Waals surface area contributed by atoms with E-state index in [9.17, 15) is 4.39 Å². The second-order valence-corrected chi connectivity index (χ2v) is 3.96. The molecule has 100 valence electrons. The Morgan fingerprint density at radius 1 is 1.11 bits per heavy atom. The van der Waals surface area contributed by atoms with E-state index >= 15 is 0 Å². The fourth-order valence-corrected chi connectivity index (χ4v) is 1.58. The monoisotopic (exact) mass is 262 g/mol. The van der Waals surface area contributed by atoms with Crippen molar-refractivity contribution in [3.63, 3.8) is 0 Å². The lowest BCUT2D eigenvalue weighted by Gasteiger charge is -2.11. The SMILES string of the molecule is Nc1ccc(Oc2ccc(F)cc2)cc1NCCO. The summed E-state index contributed by atoms with van der Waals surface area (Å²) < 4.78 is 18.4. The lowest BCUT2D eigenvalue weighted by Crippen LogP contribution is -2.07. The molecule has 0 aliphatic carbocycles. The van der Waals surface area contributed by atoms with Crippen LogP contribution in [-0.4, -0.2) is 18.3 Å². The van der Waals surface area contributed by atoms with E-state index < -0.39 is 0 Å².